The van der Waals surface area contributed by atoms with Crippen molar-refractivity contribution < 1.29 is 13.2 Å². The van der Waals surface area contributed by atoms with Gasteiger partial charge in [0.15, 0.2) is 0 Å². The highest BCUT2D eigenvalue weighted by Crippen LogP contribution is 2.07. The predicted octanol–water partition coefficient (Wildman–Crippen LogP) is 0.112. The summed E-state index contributed by atoms with van der Waals surface area (Å²) in [7, 11) is -3.49. The van der Waals surface area contributed by atoms with Crippen LogP contribution in [0, 0.1) is 5.92 Å². The van der Waals surface area contributed by atoms with E-state index in [2.05, 4.69) is 15.4 Å². The molecule has 0 saturated carbocycles. The Hall–Kier alpha value is -1.15. The highest BCUT2D eigenvalue weighted by molar-refractivity contribution is 7.89. The number of hydrogen-bond donors (Lipinski definition) is 3. The molecule has 1 fully saturated rings. The van der Waals surface area contributed by atoms with E-state index in [1.54, 1.807) is 18.2 Å². The van der Waals surface area contributed by atoms with Crippen LogP contribution in [0.25, 0.3) is 0 Å². The Labute approximate surface area is 131 Å². The van der Waals surface area contributed by atoms with Crippen LogP contribution in [0.5, 0.6) is 0 Å². The molecule has 0 radical (unpaired) electrons. The minimum Gasteiger partial charge on any atom is -0.355 e. The summed E-state index contributed by atoms with van der Waals surface area (Å²) in [4.78, 5) is 11.9. The zero-order chi connectivity index (χ0) is 14.4. The largest absolute Gasteiger partial charge is 0.355 e. The molecule has 1 aliphatic rings. The van der Waals surface area contributed by atoms with E-state index >= 15 is 0 Å². The number of halogens is 1. The van der Waals surface area contributed by atoms with Crippen LogP contribution < -0.4 is 15.4 Å². The van der Waals surface area contributed by atoms with Crippen LogP contribution in [0.1, 0.15) is 6.42 Å². The van der Waals surface area contributed by atoms with E-state index in [1.807, 2.05) is 0 Å². The van der Waals surface area contributed by atoms with Gasteiger partial charge in [-0.3, -0.25) is 4.79 Å². The van der Waals surface area contributed by atoms with Gasteiger partial charge in [-0.1, -0.05) is 18.2 Å². The fraction of sp³-hybridized carbons (Fsp3) is 0.462. The van der Waals surface area contributed by atoms with Crippen LogP contribution in [0.15, 0.2) is 35.2 Å². The molecule has 8 heteroatoms. The van der Waals surface area contributed by atoms with E-state index in [0.717, 1.165) is 13.0 Å². The zero-order valence-corrected chi connectivity index (χ0v) is 13.2. The molecule has 1 aromatic rings. The summed E-state index contributed by atoms with van der Waals surface area (Å²) in [6.07, 6.45) is 0.835. The van der Waals surface area contributed by atoms with Gasteiger partial charge in [0, 0.05) is 19.6 Å². The Bertz CT molecular complexity index is 545. The summed E-state index contributed by atoms with van der Waals surface area (Å²) < 4.78 is 26.3. The fourth-order valence-electron chi connectivity index (χ4n) is 2.08. The third-order valence-corrected chi connectivity index (χ3v) is 4.68. The maximum Gasteiger partial charge on any atom is 0.240 e. The summed E-state index contributed by atoms with van der Waals surface area (Å²) in [5, 5.41) is 5.86. The third kappa shape index (κ3) is 5.28. The van der Waals surface area contributed by atoms with E-state index in [0.29, 0.717) is 13.1 Å². The van der Waals surface area contributed by atoms with Crippen LogP contribution in [-0.2, 0) is 14.8 Å². The van der Waals surface area contributed by atoms with Gasteiger partial charge < -0.3 is 10.6 Å². The molecular weight excluding hydrogens is 314 g/mol. The summed E-state index contributed by atoms with van der Waals surface area (Å²) in [6, 6.07) is 8.16. The van der Waals surface area contributed by atoms with E-state index in [9.17, 15) is 13.2 Å². The van der Waals surface area contributed by atoms with E-state index in [4.69, 9.17) is 0 Å². The molecule has 118 valence electrons. The first-order chi connectivity index (χ1) is 9.59. The molecule has 0 spiro atoms. The number of carbonyl (C=O) groups excluding carboxylic acids is 1. The first kappa shape index (κ1) is 17.9. The molecule has 0 aromatic heterocycles. The number of nitrogens with one attached hydrogen (secondary N) is 3. The molecule has 0 bridgehead atoms. The molecule has 1 amide bonds. The first-order valence-corrected chi connectivity index (χ1v) is 8.11. The number of amides is 1. The molecule has 1 saturated heterocycles. The molecular formula is C13H20ClN3O3S. The minimum atomic E-state index is -3.49. The van der Waals surface area contributed by atoms with Gasteiger partial charge in [-0.25, -0.2) is 13.1 Å². The lowest BCUT2D eigenvalue weighted by Gasteiger charge is -2.10. The van der Waals surface area contributed by atoms with Crippen LogP contribution in [0.2, 0.25) is 0 Å². The molecule has 3 N–H and O–H groups in total. The zero-order valence-electron chi connectivity index (χ0n) is 11.5. The number of rotatable bonds is 6. The topological polar surface area (TPSA) is 87.3 Å². The normalized spacial score (nSPS) is 18.0. The van der Waals surface area contributed by atoms with E-state index in [-0.39, 0.29) is 35.7 Å². The smallest absolute Gasteiger partial charge is 0.240 e. The molecule has 1 unspecified atom stereocenters. The van der Waals surface area contributed by atoms with E-state index in [1.165, 1.54) is 12.1 Å². The van der Waals surface area contributed by atoms with Gasteiger partial charge in [-0.15, -0.1) is 12.4 Å². The molecule has 2 rings (SSSR count). The van der Waals surface area contributed by atoms with Crippen molar-refractivity contribution in [1.82, 2.24) is 15.4 Å². The van der Waals surface area contributed by atoms with Gasteiger partial charge in [0.1, 0.15) is 0 Å². The Balaban J connectivity index is 0.00000220. The van der Waals surface area contributed by atoms with Crippen molar-refractivity contribution in [1.29, 1.82) is 0 Å². The third-order valence-electron chi connectivity index (χ3n) is 3.20. The van der Waals surface area contributed by atoms with Gasteiger partial charge in [0.25, 0.3) is 0 Å². The molecule has 6 nitrogen and oxygen atoms in total. The molecule has 1 aromatic carbocycles. The van der Waals surface area contributed by atoms with Crippen molar-refractivity contribution in [2.45, 2.75) is 11.3 Å². The van der Waals surface area contributed by atoms with Crippen molar-refractivity contribution in [2.75, 3.05) is 26.2 Å². The second kappa shape index (κ2) is 8.33. The monoisotopic (exact) mass is 333 g/mol. The molecule has 21 heavy (non-hydrogen) atoms. The van der Waals surface area contributed by atoms with E-state index < -0.39 is 10.0 Å². The van der Waals surface area contributed by atoms with Crippen LogP contribution in [-0.4, -0.2) is 40.5 Å². The summed E-state index contributed by atoms with van der Waals surface area (Å²) in [5.41, 5.74) is 0. The molecule has 1 aliphatic heterocycles. The quantitative estimate of drug-likeness (QED) is 0.645. The van der Waals surface area contributed by atoms with Gasteiger partial charge >= 0.3 is 0 Å². The second-order valence-corrected chi connectivity index (χ2v) is 6.46. The number of carbonyl (C=O) groups is 1. The lowest BCUT2D eigenvalue weighted by Crippen LogP contribution is -2.38. The van der Waals surface area contributed by atoms with Crippen molar-refractivity contribution in [3.8, 4) is 0 Å². The maximum absolute atomic E-state index is 11.9. The molecule has 1 heterocycles. The Morgan fingerprint density at radius 2 is 1.95 bits per heavy atom. The average molecular weight is 334 g/mol. The SMILES string of the molecule is Cl.O=C(NCCNS(=O)(=O)c1ccccc1)C1CCNC1. The van der Waals surface area contributed by atoms with Crippen LogP contribution in [0.4, 0.5) is 0 Å². The summed E-state index contributed by atoms with van der Waals surface area (Å²) in [5.74, 6) is -0.0189. The lowest BCUT2D eigenvalue weighted by molar-refractivity contribution is -0.124. The fourth-order valence-corrected chi connectivity index (χ4v) is 3.13. The number of sulfonamides is 1. The molecule has 0 aliphatic carbocycles. The Morgan fingerprint density at radius 3 is 2.57 bits per heavy atom. The number of benzene rings is 1. The Kier molecular flexibility index (Phi) is 7.10. The second-order valence-electron chi connectivity index (χ2n) is 4.69. The van der Waals surface area contributed by atoms with Crippen molar-refractivity contribution in [3.63, 3.8) is 0 Å². The maximum atomic E-state index is 11.9. The Morgan fingerprint density at radius 1 is 1.24 bits per heavy atom. The number of hydrogen-bond acceptors (Lipinski definition) is 4. The van der Waals surface area contributed by atoms with Crippen LogP contribution >= 0.6 is 12.4 Å². The van der Waals surface area contributed by atoms with Gasteiger partial charge in [-0.05, 0) is 25.1 Å². The highest BCUT2D eigenvalue weighted by Gasteiger charge is 2.21. The molecule has 1 atom stereocenters. The van der Waals surface area contributed by atoms with Crippen molar-refractivity contribution >= 4 is 28.3 Å². The predicted molar refractivity (Wildman–Crippen MR) is 82.9 cm³/mol. The van der Waals surface area contributed by atoms with Gasteiger partial charge in [0.2, 0.25) is 15.9 Å². The standard InChI is InChI=1S/C13H19N3O3S.ClH/c17-13(11-6-7-14-10-11)15-8-9-16-20(18,19)12-4-2-1-3-5-12;/h1-5,11,14,16H,6-10H2,(H,15,17);1H. The minimum absolute atomic E-state index is 0. The van der Waals surface area contributed by atoms with Gasteiger partial charge in [-0.2, -0.15) is 0 Å². The highest BCUT2D eigenvalue weighted by atomic mass is 35.5. The van der Waals surface area contributed by atoms with Crippen LogP contribution in [0.3, 0.4) is 0 Å². The van der Waals surface area contributed by atoms with Crippen molar-refractivity contribution in [2.24, 2.45) is 5.92 Å². The lowest BCUT2D eigenvalue weighted by atomic mass is 10.1. The average Bonchev–Trinajstić information content (AvgIpc) is 2.98. The summed E-state index contributed by atoms with van der Waals surface area (Å²) in [6.45, 7) is 2.03. The first-order valence-electron chi connectivity index (χ1n) is 6.63. The summed E-state index contributed by atoms with van der Waals surface area (Å²) >= 11 is 0. The van der Waals surface area contributed by atoms with Gasteiger partial charge in [0.05, 0.1) is 10.8 Å². The van der Waals surface area contributed by atoms with Crippen molar-refractivity contribution in [3.05, 3.63) is 30.3 Å².